The van der Waals surface area contributed by atoms with Crippen LogP contribution in [0.5, 0.6) is 0 Å². The number of carboxylic acid groups (broad SMARTS) is 2. The molecule has 0 fully saturated rings. The van der Waals surface area contributed by atoms with Crippen LogP contribution in [-0.4, -0.2) is 79.5 Å². The standard InChI is InChI=1S/C23H27N7O7/c24-15(7-20(32)33)21(34)30-17(6-13-9-25-11-28-13)22(35)27-10-19(31)29-18(23(36)37)5-12-8-26-16-4-2-1-3-14(12)16/h1-4,8-9,11,15,17-18,26H,5-7,10,24H2,(H,25,28)(H,27,35)(H,29,31)(H,30,34)(H,32,33)(H,36,37). The second-order valence-electron chi connectivity index (χ2n) is 8.29. The number of benzene rings is 1. The van der Waals surface area contributed by atoms with Crippen LogP contribution in [0.1, 0.15) is 17.7 Å². The summed E-state index contributed by atoms with van der Waals surface area (Å²) in [7, 11) is 0. The number of carbonyl (C=O) groups is 5. The Kier molecular flexibility index (Phi) is 8.94. The van der Waals surface area contributed by atoms with Crippen LogP contribution >= 0.6 is 0 Å². The number of H-pyrrole nitrogens is 2. The molecule has 0 bridgehead atoms. The minimum Gasteiger partial charge on any atom is -0.481 e. The van der Waals surface area contributed by atoms with Crippen molar-refractivity contribution in [3.05, 3.63) is 54.2 Å². The number of nitrogens with zero attached hydrogens (tertiary/aromatic N) is 1. The second kappa shape index (κ2) is 12.3. The summed E-state index contributed by atoms with van der Waals surface area (Å²) in [4.78, 5) is 69.7. The van der Waals surface area contributed by atoms with Crippen molar-refractivity contribution in [3.63, 3.8) is 0 Å². The summed E-state index contributed by atoms with van der Waals surface area (Å²) < 4.78 is 0. The third-order valence-electron chi connectivity index (χ3n) is 5.50. The number of carbonyl (C=O) groups excluding carboxylic acids is 3. The van der Waals surface area contributed by atoms with Gasteiger partial charge in [-0.15, -0.1) is 0 Å². The Labute approximate surface area is 210 Å². The summed E-state index contributed by atoms with van der Waals surface area (Å²) in [5.41, 5.74) is 7.58. The molecule has 3 unspecified atom stereocenters. The van der Waals surface area contributed by atoms with Gasteiger partial charge in [0.25, 0.3) is 0 Å². The molecule has 14 nitrogen and oxygen atoms in total. The van der Waals surface area contributed by atoms with Gasteiger partial charge in [-0.3, -0.25) is 19.2 Å². The Hall–Kier alpha value is -4.72. The number of para-hydroxylation sites is 1. The molecule has 3 rings (SSSR count). The lowest BCUT2D eigenvalue weighted by atomic mass is 10.0. The summed E-state index contributed by atoms with van der Waals surface area (Å²) in [5.74, 6) is -4.91. The smallest absolute Gasteiger partial charge is 0.326 e. The number of fused-ring (bicyclic) bond motifs is 1. The third kappa shape index (κ3) is 7.63. The molecule has 0 saturated heterocycles. The average molecular weight is 514 g/mol. The number of aromatic nitrogens is 3. The van der Waals surface area contributed by atoms with E-state index in [2.05, 4.69) is 30.9 Å². The summed E-state index contributed by atoms with van der Waals surface area (Å²) >= 11 is 0. The van der Waals surface area contributed by atoms with Crippen LogP contribution in [0, 0.1) is 0 Å². The van der Waals surface area contributed by atoms with E-state index in [1.165, 1.54) is 12.5 Å². The highest BCUT2D eigenvalue weighted by Crippen LogP contribution is 2.19. The van der Waals surface area contributed by atoms with Gasteiger partial charge in [-0.05, 0) is 11.6 Å². The van der Waals surface area contributed by atoms with Gasteiger partial charge in [0, 0.05) is 41.8 Å². The van der Waals surface area contributed by atoms with E-state index in [1.54, 1.807) is 6.20 Å². The molecule has 0 aliphatic rings. The first-order valence-corrected chi connectivity index (χ1v) is 11.2. The molecule has 196 valence electrons. The van der Waals surface area contributed by atoms with Gasteiger partial charge in [0.15, 0.2) is 0 Å². The highest BCUT2D eigenvalue weighted by atomic mass is 16.4. The molecular formula is C23H27N7O7. The van der Waals surface area contributed by atoms with Crippen molar-refractivity contribution in [1.82, 2.24) is 30.9 Å². The zero-order valence-electron chi connectivity index (χ0n) is 19.6. The average Bonchev–Trinajstić information content (AvgIpc) is 3.51. The Morgan fingerprint density at radius 2 is 1.73 bits per heavy atom. The van der Waals surface area contributed by atoms with Crippen LogP contribution in [0.25, 0.3) is 10.9 Å². The molecule has 37 heavy (non-hydrogen) atoms. The number of rotatable bonds is 13. The monoisotopic (exact) mass is 513 g/mol. The van der Waals surface area contributed by atoms with Gasteiger partial charge in [-0.2, -0.15) is 0 Å². The minimum absolute atomic E-state index is 0.0129. The fourth-order valence-corrected chi connectivity index (χ4v) is 3.64. The zero-order chi connectivity index (χ0) is 26.9. The van der Waals surface area contributed by atoms with Gasteiger partial charge in [-0.25, -0.2) is 9.78 Å². The molecule has 9 N–H and O–H groups in total. The number of nitrogens with two attached hydrogens (primary N) is 1. The molecule has 0 saturated carbocycles. The first kappa shape index (κ1) is 26.9. The van der Waals surface area contributed by atoms with E-state index in [1.807, 2.05) is 24.3 Å². The van der Waals surface area contributed by atoms with Crippen molar-refractivity contribution >= 4 is 40.6 Å². The largest absolute Gasteiger partial charge is 0.481 e. The summed E-state index contributed by atoms with van der Waals surface area (Å²) in [5, 5.41) is 26.4. The topological polar surface area (TPSA) is 232 Å². The normalized spacial score (nSPS) is 13.3. The summed E-state index contributed by atoms with van der Waals surface area (Å²) in [6.07, 6.45) is 3.80. The minimum atomic E-state index is -1.39. The van der Waals surface area contributed by atoms with Gasteiger partial charge in [-0.1, -0.05) is 18.2 Å². The number of aliphatic carboxylic acids is 2. The van der Waals surface area contributed by atoms with E-state index in [9.17, 15) is 29.1 Å². The molecule has 3 atom stereocenters. The first-order chi connectivity index (χ1) is 17.6. The van der Waals surface area contributed by atoms with E-state index in [-0.39, 0.29) is 12.8 Å². The Balaban J connectivity index is 1.60. The van der Waals surface area contributed by atoms with Crippen molar-refractivity contribution in [2.75, 3.05) is 6.54 Å². The molecule has 0 spiro atoms. The summed E-state index contributed by atoms with van der Waals surface area (Å²) in [6.45, 7) is -0.562. The SMILES string of the molecule is NC(CC(=O)O)C(=O)NC(Cc1cnc[nH]1)C(=O)NCC(=O)NC(Cc1c[nH]c2ccccc12)C(=O)O. The van der Waals surface area contributed by atoms with E-state index in [0.717, 1.165) is 10.9 Å². The molecule has 3 aromatic rings. The zero-order valence-corrected chi connectivity index (χ0v) is 19.6. The van der Waals surface area contributed by atoms with Crippen molar-refractivity contribution in [3.8, 4) is 0 Å². The van der Waals surface area contributed by atoms with Gasteiger partial charge in [0.2, 0.25) is 17.7 Å². The molecule has 2 heterocycles. The molecule has 14 heteroatoms. The van der Waals surface area contributed by atoms with Crippen molar-refractivity contribution in [1.29, 1.82) is 0 Å². The third-order valence-corrected chi connectivity index (χ3v) is 5.50. The molecule has 0 aliphatic heterocycles. The van der Waals surface area contributed by atoms with Gasteiger partial charge in [0.1, 0.15) is 12.1 Å². The number of amides is 3. The van der Waals surface area contributed by atoms with Crippen molar-refractivity contribution in [2.45, 2.75) is 37.4 Å². The number of imidazole rings is 1. The van der Waals surface area contributed by atoms with E-state index in [0.29, 0.717) is 11.3 Å². The maximum Gasteiger partial charge on any atom is 0.326 e. The van der Waals surface area contributed by atoms with Crippen molar-refractivity contribution in [2.24, 2.45) is 5.73 Å². The van der Waals surface area contributed by atoms with E-state index in [4.69, 9.17) is 10.8 Å². The fraction of sp³-hybridized carbons (Fsp3) is 0.304. The van der Waals surface area contributed by atoms with Gasteiger partial charge >= 0.3 is 11.9 Å². The number of nitrogens with one attached hydrogen (secondary N) is 5. The maximum absolute atomic E-state index is 12.8. The van der Waals surface area contributed by atoms with Crippen LogP contribution in [0.4, 0.5) is 0 Å². The number of hydrogen-bond donors (Lipinski definition) is 8. The quantitative estimate of drug-likeness (QED) is 0.135. The molecular weight excluding hydrogens is 486 g/mol. The lowest BCUT2D eigenvalue weighted by molar-refractivity contribution is -0.141. The van der Waals surface area contributed by atoms with Crippen molar-refractivity contribution < 1.29 is 34.2 Å². The van der Waals surface area contributed by atoms with Gasteiger partial charge in [0.05, 0.1) is 25.3 Å². The molecule has 0 aliphatic carbocycles. The van der Waals surface area contributed by atoms with Crippen LogP contribution in [0.2, 0.25) is 0 Å². The number of hydrogen-bond acceptors (Lipinski definition) is 7. The Bertz CT molecular complexity index is 1270. The predicted octanol–water partition coefficient (Wildman–Crippen LogP) is -1.35. The fourth-order valence-electron chi connectivity index (χ4n) is 3.64. The lowest BCUT2D eigenvalue weighted by Gasteiger charge is -2.20. The highest BCUT2D eigenvalue weighted by molar-refractivity contribution is 5.94. The number of aromatic amines is 2. The molecule has 0 radical (unpaired) electrons. The highest BCUT2D eigenvalue weighted by Gasteiger charge is 2.27. The molecule has 3 amide bonds. The predicted molar refractivity (Wildman–Crippen MR) is 129 cm³/mol. The number of carboxylic acids is 2. The lowest BCUT2D eigenvalue weighted by Crippen LogP contribution is -2.54. The Morgan fingerprint density at radius 1 is 0.973 bits per heavy atom. The van der Waals surface area contributed by atoms with Gasteiger partial charge < -0.3 is 41.9 Å². The van der Waals surface area contributed by atoms with Crippen LogP contribution < -0.4 is 21.7 Å². The van der Waals surface area contributed by atoms with E-state index < -0.39 is 60.8 Å². The Morgan fingerprint density at radius 3 is 2.41 bits per heavy atom. The molecule has 2 aromatic heterocycles. The van der Waals surface area contributed by atoms with Crippen LogP contribution in [0.3, 0.4) is 0 Å². The first-order valence-electron chi connectivity index (χ1n) is 11.2. The van der Waals surface area contributed by atoms with Crippen LogP contribution in [0.15, 0.2) is 43.0 Å². The van der Waals surface area contributed by atoms with Crippen LogP contribution in [-0.2, 0) is 36.8 Å². The molecule has 1 aromatic carbocycles. The second-order valence-corrected chi connectivity index (χ2v) is 8.29. The maximum atomic E-state index is 12.8. The summed E-state index contributed by atoms with van der Waals surface area (Å²) in [6, 6.07) is 3.48. The van der Waals surface area contributed by atoms with E-state index >= 15 is 0 Å².